The van der Waals surface area contributed by atoms with Gasteiger partial charge in [0, 0.05) is 5.75 Å². The predicted molar refractivity (Wildman–Crippen MR) is 42.2 cm³/mol. The quantitative estimate of drug-likeness (QED) is 0.482. The maximum atomic E-state index is 2.37. The van der Waals surface area contributed by atoms with Gasteiger partial charge in [-0.2, -0.15) is 0 Å². The second-order valence-corrected chi connectivity index (χ2v) is 4.55. The fraction of sp³-hybridized carbons (Fsp3) is 1.00. The highest BCUT2D eigenvalue weighted by molar-refractivity contribution is 8.76. The van der Waals surface area contributed by atoms with Gasteiger partial charge in [0.1, 0.15) is 0 Å². The molecule has 0 aliphatic carbocycles. The zero-order valence-electron chi connectivity index (χ0n) is 5.09. The first-order valence-electron chi connectivity index (χ1n) is 2.82. The number of rotatable bonds is 0. The van der Waals surface area contributed by atoms with Crippen molar-refractivity contribution in [1.29, 1.82) is 0 Å². The summed E-state index contributed by atoms with van der Waals surface area (Å²) in [4.78, 5) is 2.37. The lowest BCUT2D eigenvalue weighted by Gasteiger charge is -2.09. The Balaban J connectivity index is 2.17. The minimum atomic E-state index is 1.20. The molecule has 48 valence electrons. The molecule has 8 heavy (non-hydrogen) atoms. The molecule has 0 aromatic carbocycles. The van der Waals surface area contributed by atoms with Crippen LogP contribution in [0.25, 0.3) is 0 Å². The van der Waals surface area contributed by atoms with E-state index >= 15 is 0 Å². The molecule has 1 heterocycles. The molecule has 0 amide bonds. The molecular weight excluding hydrogens is 138 g/mol. The lowest BCUT2D eigenvalue weighted by Crippen LogP contribution is -2.16. The standard InChI is InChI=1S/C5H11NS2/c1-6-3-2-4-7-8-5-6/h2-5H2,1H3. The van der Waals surface area contributed by atoms with Gasteiger partial charge in [0.05, 0.1) is 5.88 Å². The summed E-state index contributed by atoms with van der Waals surface area (Å²) in [5, 5.41) is 0. The third-order valence-corrected chi connectivity index (χ3v) is 3.61. The second kappa shape index (κ2) is 3.64. The molecule has 1 saturated heterocycles. The van der Waals surface area contributed by atoms with Crippen LogP contribution < -0.4 is 0 Å². The van der Waals surface area contributed by atoms with E-state index < -0.39 is 0 Å². The van der Waals surface area contributed by atoms with E-state index in [9.17, 15) is 0 Å². The van der Waals surface area contributed by atoms with Crippen molar-refractivity contribution in [3.05, 3.63) is 0 Å². The van der Waals surface area contributed by atoms with E-state index in [2.05, 4.69) is 11.9 Å². The van der Waals surface area contributed by atoms with E-state index in [-0.39, 0.29) is 0 Å². The van der Waals surface area contributed by atoms with Gasteiger partial charge in [-0.1, -0.05) is 21.6 Å². The van der Waals surface area contributed by atoms with Crippen LogP contribution >= 0.6 is 21.6 Å². The maximum absolute atomic E-state index is 2.37. The summed E-state index contributed by atoms with van der Waals surface area (Å²) in [5.41, 5.74) is 0. The summed E-state index contributed by atoms with van der Waals surface area (Å²) in [5.74, 6) is 2.53. The molecule has 1 nitrogen and oxygen atoms in total. The molecule has 0 N–H and O–H groups in total. The fourth-order valence-corrected chi connectivity index (χ4v) is 2.86. The van der Waals surface area contributed by atoms with Crippen molar-refractivity contribution >= 4 is 21.6 Å². The van der Waals surface area contributed by atoms with Gasteiger partial charge in [0.2, 0.25) is 0 Å². The van der Waals surface area contributed by atoms with Gasteiger partial charge in [0.25, 0.3) is 0 Å². The van der Waals surface area contributed by atoms with Crippen LogP contribution in [0.2, 0.25) is 0 Å². The van der Waals surface area contributed by atoms with E-state index in [1.807, 2.05) is 21.6 Å². The number of hydrogen-bond donors (Lipinski definition) is 0. The highest BCUT2D eigenvalue weighted by atomic mass is 33.1. The van der Waals surface area contributed by atoms with Crippen LogP contribution in [-0.2, 0) is 0 Å². The Kier molecular flexibility index (Phi) is 3.08. The Morgan fingerprint density at radius 3 is 3.12 bits per heavy atom. The molecule has 0 atom stereocenters. The van der Waals surface area contributed by atoms with Crippen LogP contribution in [0.15, 0.2) is 0 Å². The average Bonchev–Trinajstić information content (AvgIpc) is 1.94. The molecular formula is C5H11NS2. The molecule has 0 bridgehead atoms. The monoisotopic (exact) mass is 149 g/mol. The minimum absolute atomic E-state index is 1.20. The SMILES string of the molecule is CN1CCCSSC1. The summed E-state index contributed by atoms with van der Waals surface area (Å²) < 4.78 is 0. The summed E-state index contributed by atoms with van der Waals surface area (Å²) in [7, 11) is 6.14. The van der Waals surface area contributed by atoms with Crippen molar-refractivity contribution in [2.75, 3.05) is 25.2 Å². The molecule has 0 unspecified atom stereocenters. The van der Waals surface area contributed by atoms with Crippen LogP contribution in [0.3, 0.4) is 0 Å². The van der Waals surface area contributed by atoms with Crippen molar-refractivity contribution in [3.8, 4) is 0 Å². The second-order valence-electron chi connectivity index (χ2n) is 2.00. The summed E-state index contributed by atoms with van der Waals surface area (Å²) in [6.45, 7) is 1.28. The van der Waals surface area contributed by atoms with Crippen molar-refractivity contribution in [3.63, 3.8) is 0 Å². The molecule has 0 radical (unpaired) electrons. The third kappa shape index (κ3) is 2.29. The Morgan fingerprint density at radius 1 is 1.38 bits per heavy atom. The third-order valence-electron chi connectivity index (χ3n) is 1.12. The van der Waals surface area contributed by atoms with E-state index in [4.69, 9.17) is 0 Å². The fourth-order valence-electron chi connectivity index (χ4n) is 0.644. The molecule has 1 aliphatic heterocycles. The van der Waals surface area contributed by atoms with Crippen molar-refractivity contribution < 1.29 is 0 Å². The topological polar surface area (TPSA) is 3.24 Å². The molecule has 0 saturated carbocycles. The number of hydrogen-bond acceptors (Lipinski definition) is 3. The Morgan fingerprint density at radius 2 is 2.25 bits per heavy atom. The maximum Gasteiger partial charge on any atom is 0.0546 e. The highest BCUT2D eigenvalue weighted by Gasteiger charge is 2.02. The average molecular weight is 149 g/mol. The van der Waals surface area contributed by atoms with Crippen LogP contribution in [0.1, 0.15) is 6.42 Å². The van der Waals surface area contributed by atoms with Gasteiger partial charge in [0.15, 0.2) is 0 Å². The molecule has 1 rings (SSSR count). The van der Waals surface area contributed by atoms with Gasteiger partial charge < -0.3 is 0 Å². The van der Waals surface area contributed by atoms with E-state index in [0.29, 0.717) is 0 Å². The van der Waals surface area contributed by atoms with Crippen molar-refractivity contribution in [2.24, 2.45) is 0 Å². The van der Waals surface area contributed by atoms with Crippen LogP contribution in [-0.4, -0.2) is 30.1 Å². The smallest absolute Gasteiger partial charge is 0.0546 e. The molecule has 1 aliphatic rings. The Labute approximate surface area is 58.6 Å². The predicted octanol–water partition coefficient (Wildman–Crippen LogP) is 1.66. The normalized spacial score (nSPS) is 25.1. The van der Waals surface area contributed by atoms with Gasteiger partial charge in [-0.25, -0.2) is 0 Å². The lowest BCUT2D eigenvalue weighted by atomic mass is 10.5. The van der Waals surface area contributed by atoms with Gasteiger partial charge in [-0.05, 0) is 20.0 Å². The molecule has 3 heteroatoms. The van der Waals surface area contributed by atoms with E-state index in [1.54, 1.807) is 0 Å². The Bertz CT molecular complexity index is 59.4. The zero-order valence-corrected chi connectivity index (χ0v) is 6.73. The highest BCUT2D eigenvalue weighted by Crippen LogP contribution is 2.25. The lowest BCUT2D eigenvalue weighted by molar-refractivity contribution is 0.397. The van der Waals surface area contributed by atoms with Gasteiger partial charge in [-0.15, -0.1) is 0 Å². The van der Waals surface area contributed by atoms with Gasteiger partial charge in [-0.3, -0.25) is 4.90 Å². The van der Waals surface area contributed by atoms with Crippen molar-refractivity contribution in [1.82, 2.24) is 4.90 Å². The van der Waals surface area contributed by atoms with E-state index in [0.717, 1.165) is 0 Å². The largest absolute Gasteiger partial charge is 0.296 e. The first-order chi connectivity index (χ1) is 3.89. The Hall–Kier alpha value is 0.660. The van der Waals surface area contributed by atoms with Crippen LogP contribution in [0, 0.1) is 0 Å². The first-order valence-corrected chi connectivity index (χ1v) is 5.31. The van der Waals surface area contributed by atoms with Gasteiger partial charge >= 0.3 is 0 Å². The van der Waals surface area contributed by atoms with E-state index in [1.165, 1.54) is 24.6 Å². The number of nitrogens with zero attached hydrogens (tertiary/aromatic N) is 1. The molecule has 0 aromatic heterocycles. The minimum Gasteiger partial charge on any atom is -0.296 e. The zero-order chi connectivity index (χ0) is 5.82. The molecule has 0 spiro atoms. The molecule has 1 fully saturated rings. The van der Waals surface area contributed by atoms with Crippen LogP contribution in [0.5, 0.6) is 0 Å². The first kappa shape index (κ1) is 6.78. The summed E-state index contributed by atoms with van der Waals surface area (Å²) in [6, 6.07) is 0. The summed E-state index contributed by atoms with van der Waals surface area (Å²) in [6.07, 6.45) is 1.36. The van der Waals surface area contributed by atoms with Crippen molar-refractivity contribution in [2.45, 2.75) is 6.42 Å². The summed E-state index contributed by atoms with van der Waals surface area (Å²) >= 11 is 0. The molecule has 0 aromatic rings. The van der Waals surface area contributed by atoms with Crippen LogP contribution in [0.4, 0.5) is 0 Å².